The van der Waals surface area contributed by atoms with E-state index in [0.29, 0.717) is 49.8 Å². The van der Waals surface area contributed by atoms with Crippen molar-refractivity contribution in [2.24, 2.45) is 10.8 Å². The smallest absolute Gasteiger partial charge is 0.246 e. The summed E-state index contributed by atoms with van der Waals surface area (Å²) in [6.45, 7) is 15.9. The lowest BCUT2D eigenvalue weighted by atomic mass is 9.85. The predicted molar refractivity (Wildman–Crippen MR) is 274 cm³/mol. The summed E-state index contributed by atoms with van der Waals surface area (Å²) in [6.07, 6.45) is 3.22. The van der Waals surface area contributed by atoms with Gasteiger partial charge in [0.1, 0.15) is 23.7 Å². The number of hydrogen-bond donors (Lipinski definition) is 6. The number of hydrogen-bond acceptors (Lipinski definition) is 8. The second-order valence-corrected chi connectivity index (χ2v) is 21.6. The van der Waals surface area contributed by atoms with Crippen LogP contribution in [0.2, 0.25) is 0 Å². The zero-order chi connectivity index (χ0) is 51.7. The molecule has 2 saturated heterocycles. The van der Waals surface area contributed by atoms with Gasteiger partial charge in [0.2, 0.25) is 23.6 Å². The second-order valence-electron chi connectivity index (χ2n) is 21.6. The summed E-state index contributed by atoms with van der Waals surface area (Å²) in [7, 11) is 3.39. The molecule has 71 heavy (non-hydrogen) atoms. The van der Waals surface area contributed by atoms with Crippen molar-refractivity contribution < 1.29 is 38.2 Å². The number of rotatable bonds is 17. The Morgan fingerprint density at radius 3 is 1.61 bits per heavy atom. The number of amides is 4. The number of likely N-dealkylation sites (tertiary alicyclic amines) is 2. The molecule has 2 aliphatic rings. The minimum Gasteiger partial charge on any atom is -0.395 e. The number of likely N-dealkylation sites (N-methyl/N-ethyl adjacent to an activating group) is 2. The Labute approximate surface area is 416 Å². The summed E-state index contributed by atoms with van der Waals surface area (Å²) in [5, 5.41) is 34.5. The lowest BCUT2D eigenvalue weighted by Crippen LogP contribution is -2.58. The summed E-state index contributed by atoms with van der Waals surface area (Å²) in [6, 6.07) is 13.8. The number of nitrogens with one attached hydrogen (secondary N) is 4. The molecule has 4 heterocycles. The van der Waals surface area contributed by atoms with E-state index in [1.54, 1.807) is 40.1 Å². The Kier molecular flexibility index (Phi) is 16.1. The van der Waals surface area contributed by atoms with Crippen LogP contribution in [-0.4, -0.2) is 123 Å². The van der Waals surface area contributed by atoms with Crippen molar-refractivity contribution >= 4 is 45.4 Å². The van der Waals surface area contributed by atoms with E-state index in [1.807, 2.05) is 84.7 Å². The van der Waals surface area contributed by atoms with Crippen LogP contribution in [0.5, 0.6) is 0 Å². The third kappa shape index (κ3) is 10.8. The van der Waals surface area contributed by atoms with E-state index in [9.17, 15) is 29.4 Å². The number of fused-ring (bicyclic) bond motifs is 2. The van der Waals surface area contributed by atoms with Gasteiger partial charge in [0.15, 0.2) is 0 Å². The molecule has 2 unspecified atom stereocenters. The number of halogens is 2. The zero-order valence-electron chi connectivity index (χ0n) is 43.1. The number of aliphatic hydroxyl groups is 2. The van der Waals surface area contributed by atoms with Crippen LogP contribution < -0.4 is 21.3 Å². The summed E-state index contributed by atoms with van der Waals surface area (Å²) < 4.78 is 34.3. The molecule has 2 aromatic heterocycles. The second kappa shape index (κ2) is 21.6. The molecule has 4 amide bonds. The van der Waals surface area contributed by atoms with Crippen LogP contribution in [0.4, 0.5) is 8.78 Å². The predicted octanol–water partition coefficient (Wildman–Crippen LogP) is 6.67. The van der Waals surface area contributed by atoms with Crippen molar-refractivity contribution in [1.29, 1.82) is 0 Å². The highest BCUT2D eigenvalue weighted by Gasteiger charge is 2.43. The van der Waals surface area contributed by atoms with E-state index >= 15 is 8.78 Å². The van der Waals surface area contributed by atoms with Crippen molar-refractivity contribution in [2.75, 3.05) is 40.4 Å². The van der Waals surface area contributed by atoms with Gasteiger partial charge in [0.05, 0.1) is 53.8 Å². The average molecular weight is 981 g/mol. The van der Waals surface area contributed by atoms with Gasteiger partial charge in [-0.3, -0.25) is 19.2 Å². The minimum atomic E-state index is -0.840. The van der Waals surface area contributed by atoms with Crippen molar-refractivity contribution in [3.8, 4) is 22.5 Å². The van der Waals surface area contributed by atoms with Gasteiger partial charge in [-0.05, 0) is 124 Å². The number of carbonyl (C=O) groups excluding carboxylic acids is 4. The Balaban J connectivity index is 1.34. The van der Waals surface area contributed by atoms with Crippen LogP contribution >= 0.6 is 0 Å². The minimum absolute atomic E-state index is 0.144. The Hall–Kier alpha value is -5.68. The first-order valence-electron chi connectivity index (χ1n) is 25.2. The van der Waals surface area contributed by atoms with Gasteiger partial charge in [-0.15, -0.1) is 0 Å². The summed E-state index contributed by atoms with van der Waals surface area (Å²) in [5.41, 5.74) is 4.68. The number of aliphatic hydroxyl groups excluding tert-OH is 2. The maximum atomic E-state index is 15.3. The van der Waals surface area contributed by atoms with Gasteiger partial charge in [-0.2, -0.15) is 0 Å². The molecule has 0 bridgehead atoms. The van der Waals surface area contributed by atoms with Crippen LogP contribution in [0.1, 0.15) is 98.2 Å². The molecule has 5 aromatic rings. The van der Waals surface area contributed by atoms with Gasteiger partial charge in [-0.1, -0.05) is 65.8 Å². The molecule has 0 saturated carbocycles. The van der Waals surface area contributed by atoms with E-state index in [1.165, 1.54) is 24.3 Å². The first kappa shape index (κ1) is 53.1. The lowest BCUT2D eigenvalue weighted by molar-refractivity contribution is -0.140. The van der Waals surface area contributed by atoms with Crippen molar-refractivity contribution in [2.45, 2.75) is 137 Å². The molecule has 2 aliphatic heterocycles. The molecule has 14 nitrogen and oxygen atoms in total. The van der Waals surface area contributed by atoms with Gasteiger partial charge >= 0.3 is 0 Å². The van der Waals surface area contributed by atoms with Crippen LogP contribution in [0.25, 0.3) is 44.3 Å². The van der Waals surface area contributed by atoms with Crippen molar-refractivity contribution in [3.63, 3.8) is 0 Å². The SMILES string of the molecule is CN[C@@H](C)C(=O)N[C@H](C(=O)N1CCCC1Cc1c(-c2ccc(-c3c(C4CCCN4C(=O)[C@@H](NC(=O)[C@H](C)NC)C(C)(C)C)c4ccc(F)cc4n3CCO)cc2)n(CCO)c2cc(F)ccc12)C(C)(C)C. The standard InChI is InChI=1S/C55H74F2N8O6/c1-32(58-9)50(68)60-48(54(3,4)5)52(70)62-23-11-13-38(62)31-41-39-21-19-36(56)29-43(39)63(25-27-66)46(41)34-15-17-35(18-16-34)47-45(40-22-20-37(57)30-44(40)64(47)26-28-67)42-14-12-24-65(42)53(71)49(55(6,7)8)61-51(69)33(2)59-10/h15-22,29-30,32-33,38,42,48-49,58-59,66-67H,11-14,23-28,31H2,1-10H3,(H,60,68)(H,61,69)/t32-,33-,38?,42?,48+,49+/m0/s1. The summed E-state index contributed by atoms with van der Waals surface area (Å²) >= 11 is 0. The van der Waals surface area contributed by atoms with Crippen molar-refractivity contribution in [3.05, 3.63) is 83.4 Å². The number of aromatic nitrogens is 2. The van der Waals surface area contributed by atoms with Crippen molar-refractivity contribution in [1.82, 2.24) is 40.2 Å². The lowest BCUT2D eigenvalue weighted by Gasteiger charge is -2.36. The maximum absolute atomic E-state index is 15.3. The van der Waals surface area contributed by atoms with Crippen LogP contribution in [0.15, 0.2) is 60.7 Å². The normalized spacial score (nSPS) is 18.3. The van der Waals surface area contributed by atoms with Crippen LogP contribution in [-0.2, 0) is 38.7 Å². The van der Waals surface area contributed by atoms with E-state index in [4.69, 9.17) is 0 Å². The summed E-state index contributed by atoms with van der Waals surface area (Å²) in [4.78, 5) is 59.6. The maximum Gasteiger partial charge on any atom is 0.246 e. The van der Waals surface area contributed by atoms with Gasteiger partial charge in [0.25, 0.3) is 0 Å². The number of nitrogens with zero attached hydrogens (tertiary/aromatic N) is 4. The van der Waals surface area contributed by atoms with Crippen LogP contribution in [0.3, 0.4) is 0 Å². The fourth-order valence-corrected chi connectivity index (χ4v) is 10.7. The molecule has 6 atom stereocenters. The monoisotopic (exact) mass is 981 g/mol. The molecule has 16 heteroatoms. The molecule has 7 rings (SSSR count). The fraction of sp³-hybridized carbons (Fsp3) is 0.527. The van der Waals surface area contributed by atoms with Gasteiger partial charge in [0, 0.05) is 48.6 Å². The third-order valence-electron chi connectivity index (χ3n) is 14.7. The number of carbonyl (C=O) groups is 4. The first-order chi connectivity index (χ1) is 33.6. The fourth-order valence-electron chi connectivity index (χ4n) is 10.7. The molecule has 384 valence electrons. The van der Waals surface area contributed by atoms with Gasteiger partial charge in [-0.25, -0.2) is 8.78 Å². The molecule has 3 aromatic carbocycles. The molecule has 0 aliphatic carbocycles. The van der Waals surface area contributed by atoms with Crippen LogP contribution in [0, 0.1) is 22.5 Å². The molecule has 0 spiro atoms. The topological polar surface area (TPSA) is 173 Å². The largest absolute Gasteiger partial charge is 0.395 e. The zero-order valence-corrected chi connectivity index (χ0v) is 43.1. The third-order valence-corrected chi connectivity index (χ3v) is 14.7. The Morgan fingerprint density at radius 1 is 0.648 bits per heavy atom. The first-order valence-corrected chi connectivity index (χ1v) is 25.2. The Morgan fingerprint density at radius 2 is 1.10 bits per heavy atom. The highest BCUT2D eigenvalue weighted by atomic mass is 19.1. The van der Waals surface area contributed by atoms with E-state index in [2.05, 4.69) is 21.3 Å². The van der Waals surface area contributed by atoms with E-state index in [-0.39, 0.29) is 56.0 Å². The average Bonchev–Trinajstić information content (AvgIpc) is 4.13. The Bertz CT molecular complexity index is 2750. The highest BCUT2D eigenvalue weighted by Crippen LogP contribution is 2.46. The number of benzene rings is 3. The molecule has 6 N–H and O–H groups in total. The van der Waals surface area contributed by atoms with E-state index < -0.39 is 52.7 Å². The molecular formula is C55H74F2N8O6. The highest BCUT2D eigenvalue weighted by molar-refractivity contribution is 5.97. The molecule has 2 fully saturated rings. The molecule has 0 radical (unpaired) electrons. The summed E-state index contributed by atoms with van der Waals surface area (Å²) in [5.74, 6) is -1.80. The molecular weight excluding hydrogens is 907 g/mol. The quantitative estimate of drug-likeness (QED) is 0.0600. The van der Waals surface area contributed by atoms with E-state index in [0.717, 1.165) is 50.8 Å². The van der Waals surface area contributed by atoms with Gasteiger partial charge < -0.3 is 50.4 Å².